The van der Waals surface area contributed by atoms with Gasteiger partial charge in [0.2, 0.25) is 0 Å². The topological polar surface area (TPSA) is 62.1 Å². The molecule has 2 aromatic carbocycles. The minimum atomic E-state index is -4.53. The predicted molar refractivity (Wildman–Crippen MR) is 104 cm³/mol. The summed E-state index contributed by atoms with van der Waals surface area (Å²) in [6.07, 6.45) is -2.33. The molecule has 0 aliphatic carbocycles. The maximum absolute atomic E-state index is 12.8. The minimum Gasteiger partial charge on any atom is -0.492 e. The molecule has 1 N–H and O–H groups in total. The van der Waals surface area contributed by atoms with Crippen molar-refractivity contribution in [2.75, 3.05) is 11.9 Å². The fourth-order valence-corrected chi connectivity index (χ4v) is 2.73. The summed E-state index contributed by atoms with van der Waals surface area (Å²) in [7, 11) is 0. The Morgan fingerprint density at radius 2 is 2.04 bits per heavy atom. The Hall–Kier alpha value is -2.79. The van der Waals surface area contributed by atoms with Crippen LogP contribution < -0.4 is 10.1 Å². The van der Waals surface area contributed by atoms with Crippen molar-refractivity contribution >= 4 is 33.6 Å². The number of alkyl halides is 3. The third-order valence-corrected chi connectivity index (χ3v) is 4.16. The largest absolute Gasteiger partial charge is 0.492 e. The zero-order valence-corrected chi connectivity index (χ0v) is 16.4. The van der Waals surface area contributed by atoms with Gasteiger partial charge in [-0.15, -0.1) is 0 Å². The first-order valence-electron chi connectivity index (χ1n) is 8.27. The number of anilines is 1. The maximum atomic E-state index is 12.8. The molecule has 0 fully saturated rings. The molecule has 0 saturated carbocycles. The Morgan fingerprint density at radius 1 is 1.29 bits per heavy atom. The van der Waals surface area contributed by atoms with Crippen LogP contribution in [0.3, 0.4) is 0 Å². The molecular formula is C20H16BrF3N2O2. The molecule has 0 aliphatic rings. The summed E-state index contributed by atoms with van der Waals surface area (Å²) in [5.41, 5.74) is -0.622. The summed E-state index contributed by atoms with van der Waals surface area (Å²) in [4.78, 5) is 12.3. The number of benzene rings is 2. The van der Waals surface area contributed by atoms with Crippen LogP contribution in [0.1, 0.15) is 24.5 Å². The second-order valence-electron chi connectivity index (χ2n) is 5.74. The molecule has 8 heteroatoms. The van der Waals surface area contributed by atoms with E-state index in [9.17, 15) is 23.2 Å². The van der Waals surface area contributed by atoms with Gasteiger partial charge >= 0.3 is 6.18 Å². The van der Waals surface area contributed by atoms with Gasteiger partial charge in [0.25, 0.3) is 5.91 Å². The minimum absolute atomic E-state index is 0.0505. The van der Waals surface area contributed by atoms with E-state index in [1.165, 1.54) is 18.2 Å². The fraction of sp³-hybridized carbons (Fsp3) is 0.200. The Bertz CT molecular complexity index is 934. The number of halogens is 4. The summed E-state index contributed by atoms with van der Waals surface area (Å²) >= 11 is 3.36. The van der Waals surface area contributed by atoms with Gasteiger partial charge in [-0.3, -0.25) is 4.79 Å². The molecule has 28 heavy (non-hydrogen) atoms. The van der Waals surface area contributed by atoms with Crippen molar-refractivity contribution in [1.29, 1.82) is 5.26 Å². The summed E-state index contributed by atoms with van der Waals surface area (Å²) < 4.78 is 44.5. The van der Waals surface area contributed by atoms with E-state index in [1.54, 1.807) is 24.3 Å². The smallest absolute Gasteiger partial charge is 0.416 e. The van der Waals surface area contributed by atoms with Crippen molar-refractivity contribution in [2.45, 2.75) is 19.5 Å². The molecule has 0 unspecified atom stereocenters. The van der Waals surface area contributed by atoms with E-state index in [0.717, 1.165) is 18.6 Å². The number of rotatable bonds is 6. The molecule has 0 saturated heterocycles. The number of hydrogen-bond donors (Lipinski definition) is 1. The molecule has 2 rings (SSSR count). The Balaban J connectivity index is 2.20. The number of hydrogen-bond acceptors (Lipinski definition) is 3. The van der Waals surface area contributed by atoms with Crippen LogP contribution in [-0.4, -0.2) is 12.5 Å². The molecule has 4 nitrogen and oxygen atoms in total. The van der Waals surface area contributed by atoms with E-state index < -0.39 is 17.6 Å². The average molecular weight is 453 g/mol. The van der Waals surface area contributed by atoms with Gasteiger partial charge in [-0.2, -0.15) is 18.4 Å². The molecule has 2 aromatic rings. The fourth-order valence-electron chi connectivity index (χ4n) is 2.22. The molecule has 0 radical (unpaired) electrons. The van der Waals surface area contributed by atoms with Crippen molar-refractivity contribution < 1.29 is 22.7 Å². The average Bonchev–Trinajstić information content (AvgIpc) is 2.65. The summed E-state index contributed by atoms with van der Waals surface area (Å²) in [5.74, 6) is -0.171. The lowest BCUT2D eigenvalue weighted by molar-refractivity contribution is -0.137. The van der Waals surface area contributed by atoms with E-state index in [4.69, 9.17) is 4.74 Å². The van der Waals surface area contributed by atoms with Gasteiger partial charge in [0, 0.05) is 5.69 Å². The maximum Gasteiger partial charge on any atom is 0.416 e. The van der Waals surface area contributed by atoms with E-state index >= 15 is 0 Å². The third-order valence-electron chi connectivity index (χ3n) is 3.54. The molecule has 0 bridgehead atoms. The van der Waals surface area contributed by atoms with E-state index in [0.29, 0.717) is 22.4 Å². The van der Waals surface area contributed by atoms with Crippen molar-refractivity contribution in [1.82, 2.24) is 0 Å². The number of nitrogens with zero attached hydrogens (tertiary/aromatic N) is 1. The van der Waals surface area contributed by atoms with Gasteiger partial charge in [-0.05, 0) is 64.3 Å². The molecule has 0 spiro atoms. The van der Waals surface area contributed by atoms with Crippen LogP contribution in [0.15, 0.2) is 52.5 Å². The molecule has 0 aromatic heterocycles. The highest BCUT2D eigenvalue weighted by Crippen LogP contribution is 2.31. The molecular weight excluding hydrogens is 437 g/mol. The third kappa shape index (κ3) is 5.86. The van der Waals surface area contributed by atoms with Crippen LogP contribution in [0.4, 0.5) is 18.9 Å². The first-order valence-corrected chi connectivity index (χ1v) is 9.06. The van der Waals surface area contributed by atoms with Gasteiger partial charge in [0.15, 0.2) is 0 Å². The highest BCUT2D eigenvalue weighted by atomic mass is 79.9. The highest BCUT2D eigenvalue weighted by Gasteiger charge is 2.30. The lowest BCUT2D eigenvalue weighted by Gasteiger charge is -2.10. The van der Waals surface area contributed by atoms with Crippen molar-refractivity contribution in [3.05, 3.63) is 63.6 Å². The first kappa shape index (κ1) is 21.5. The molecule has 0 atom stereocenters. The number of nitrogens with one attached hydrogen (secondary N) is 1. The van der Waals surface area contributed by atoms with E-state index in [-0.39, 0.29) is 11.3 Å². The van der Waals surface area contributed by atoms with Gasteiger partial charge in [0.05, 0.1) is 16.6 Å². The second-order valence-corrected chi connectivity index (χ2v) is 6.60. The Kier molecular flexibility index (Phi) is 7.24. The predicted octanol–water partition coefficient (Wildman–Crippen LogP) is 5.80. The summed E-state index contributed by atoms with van der Waals surface area (Å²) in [6.45, 7) is 2.53. The zero-order chi connectivity index (χ0) is 20.7. The number of carbonyl (C=O) groups is 1. The van der Waals surface area contributed by atoms with Gasteiger partial charge in [0.1, 0.15) is 17.4 Å². The van der Waals surface area contributed by atoms with Crippen LogP contribution in [0, 0.1) is 11.3 Å². The second kappa shape index (κ2) is 9.42. The SMILES string of the molecule is CCCOc1ccc(/C=C(\C#N)C(=O)Nc2cccc(C(F)(F)F)c2)cc1Br. The van der Waals surface area contributed by atoms with Crippen molar-refractivity contribution in [3.63, 3.8) is 0 Å². The molecule has 0 heterocycles. The number of ether oxygens (including phenoxy) is 1. The van der Waals surface area contributed by atoms with E-state index in [2.05, 4.69) is 21.2 Å². The zero-order valence-electron chi connectivity index (χ0n) is 14.8. The normalized spacial score (nSPS) is 11.6. The molecule has 0 aliphatic heterocycles. The van der Waals surface area contributed by atoms with Gasteiger partial charge < -0.3 is 10.1 Å². The number of carbonyl (C=O) groups excluding carboxylic acids is 1. The number of amides is 1. The molecule has 1 amide bonds. The standard InChI is InChI=1S/C20H16BrF3N2O2/c1-2-8-28-18-7-6-13(10-17(18)21)9-14(12-25)19(27)26-16-5-3-4-15(11-16)20(22,23)24/h3-7,9-11H,2,8H2,1H3,(H,26,27)/b14-9+. The van der Waals surface area contributed by atoms with Gasteiger partial charge in [-0.1, -0.05) is 19.1 Å². The Morgan fingerprint density at radius 3 is 2.64 bits per heavy atom. The highest BCUT2D eigenvalue weighted by molar-refractivity contribution is 9.10. The monoisotopic (exact) mass is 452 g/mol. The quantitative estimate of drug-likeness (QED) is 0.444. The lowest BCUT2D eigenvalue weighted by atomic mass is 10.1. The first-order chi connectivity index (χ1) is 13.2. The van der Waals surface area contributed by atoms with Gasteiger partial charge in [-0.25, -0.2) is 0 Å². The van der Waals surface area contributed by atoms with Crippen LogP contribution in [-0.2, 0) is 11.0 Å². The van der Waals surface area contributed by atoms with Crippen LogP contribution in [0.5, 0.6) is 5.75 Å². The van der Waals surface area contributed by atoms with Crippen molar-refractivity contribution in [2.24, 2.45) is 0 Å². The van der Waals surface area contributed by atoms with Crippen molar-refractivity contribution in [3.8, 4) is 11.8 Å². The van der Waals surface area contributed by atoms with E-state index in [1.807, 2.05) is 6.92 Å². The van der Waals surface area contributed by atoms with Crippen LogP contribution in [0.2, 0.25) is 0 Å². The summed E-state index contributed by atoms with van der Waals surface area (Å²) in [6, 6.07) is 11.0. The van der Waals surface area contributed by atoms with Crippen LogP contribution >= 0.6 is 15.9 Å². The Labute approximate surface area is 168 Å². The number of nitriles is 1. The lowest BCUT2D eigenvalue weighted by Crippen LogP contribution is -2.14. The summed E-state index contributed by atoms with van der Waals surface area (Å²) in [5, 5.41) is 11.6. The molecule has 146 valence electrons. The van der Waals surface area contributed by atoms with Crippen LogP contribution in [0.25, 0.3) is 6.08 Å².